The lowest BCUT2D eigenvalue weighted by Gasteiger charge is -2.27. The first kappa shape index (κ1) is 16.8. The van der Waals surface area contributed by atoms with Gasteiger partial charge in [0.25, 0.3) is 0 Å². The van der Waals surface area contributed by atoms with Gasteiger partial charge in [0.15, 0.2) is 0 Å². The Labute approximate surface area is 133 Å². The van der Waals surface area contributed by atoms with E-state index >= 15 is 0 Å². The van der Waals surface area contributed by atoms with E-state index in [0.29, 0.717) is 10.8 Å². The molecular formula is C16H24ClNO2S. The first-order valence-electron chi connectivity index (χ1n) is 7.60. The lowest BCUT2D eigenvalue weighted by atomic mass is 10.1. The van der Waals surface area contributed by atoms with Crippen molar-refractivity contribution >= 4 is 21.6 Å². The van der Waals surface area contributed by atoms with Gasteiger partial charge in [-0.15, -0.1) is 11.6 Å². The average Bonchev–Trinajstić information content (AvgIpc) is 2.75. The van der Waals surface area contributed by atoms with Crippen molar-refractivity contribution in [2.24, 2.45) is 0 Å². The van der Waals surface area contributed by atoms with Crippen molar-refractivity contribution < 1.29 is 8.42 Å². The van der Waals surface area contributed by atoms with Gasteiger partial charge < -0.3 is 0 Å². The molecule has 1 aromatic rings. The monoisotopic (exact) mass is 329 g/mol. The van der Waals surface area contributed by atoms with Gasteiger partial charge in [-0.25, -0.2) is 8.42 Å². The van der Waals surface area contributed by atoms with Crippen LogP contribution in [0.25, 0.3) is 0 Å². The zero-order valence-electron chi connectivity index (χ0n) is 12.8. The molecule has 0 radical (unpaired) electrons. The lowest BCUT2D eigenvalue weighted by Crippen LogP contribution is -2.37. The molecule has 118 valence electrons. The standard InChI is InChI=1S/C16H24ClNO2S/c1-13-9-10-14(12-17)11-16(13)21(19,20)18(2)15-7-5-3-4-6-8-15/h9-11,15H,3-8,12H2,1-2H3. The minimum absolute atomic E-state index is 0.122. The first-order valence-corrected chi connectivity index (χ1v) is 9.58. The van der Waals surface area contributed by atoms with E-state index in [9.17, 15) is 8.42 Å². The predicted molar refractivity (Wildman–Crippen MR) is 87.2 cm³/mol. The molecule has 0 aromatic heterocycles. The zero-order valence-corrected chi connectivity index (χ0v) is 14.4. The van der Waals surface area contributed by atoms with E-state index in [1.165, 1.54) is 12.8 Å². The Hall–Kier alpha value is -0.580. The number of rotatable bonds is 4. The van der Waals surface area contributed by atoms with Gasteiger partial charge in [0.1, 0.15) is 0 Å². The number of sulfonamides is 1. The van der Waals surface area contributed by atoms with Crippen molar-refractivity contribution in [1.82, 2.24) is 4.31 Å². The third kappa shape index (κ3) is 3.79. The number of hydrogen-bond donors (Lipinski definition) is 0. The second-order valence-corrected chi connectivity index (χ2v) is 8.13. The van der Waals surface area contributed by atoms with E-state index in [-0.39, 0.29) is 6.04 Å². The Morgan fingerprint density at radius 2 is 1.81 bits per heavy atom. The minimum atomic E-state index is -3.44. The van der Waals surface area contributed by atoms with Gasteiger partial charge in [-0.3, -0.25) is 0 Å². The highest BCUT2D eigenvalue weighted by molar-refractivity contribution is 7.89. The number of benzene rings is 1. The largest absolute Gasteiger partial charge is 0.243 e. The molecule has 0 heterocycles. The minimum Gasteiger partial charge on any atom is -0.207 e. The molecule has 1 saturated carbocycles. The Morgan fingerprint density at radius 3 is 2.38 bits per heavy atom. The van der Waals surface area contributed by atoms with Gasteiger partial charge in [-0.1, -0.05) is 37.8 Å². The summed E-state index contributed by atoms with van der Waals surface area (Å²) in [5.41, 5.74) is 1.62. The maximum Gasteiger partial charge on any atom is 0.243 e. The Bertz CT molecular complexity index is 578. The maximum atomic E-state index is 12.9. The molecule has 3 nitrogen and oxygen atoms in total. The van der Waals surface area contributed by atoms with Crippen LogP contribution in [0.5, 0.6) is 0 Å². The topological polar surface area (TPSA) is 37.4 Å². The van der Waals surface area contributed by atoms with Crippen molar-refractivity contribution in [1.29, 1.82) is 0 Å². The van der Waals surface area contributed by atoms with Crippen LogP contribution in [0.15, 0.2) is 23.1 Å². The van der Waals surface area contributed by atoms with Crippen LogP contribution >= 0.6 is 11.6 Å². The predicted octanol–water partition coefficient (Wildman–Crippen LogP) is 4.08. The third-order valence-electron chi connectivity index (χ3n) is 4.40. The maximum absolute atomic E-state index is 12.9. The second-order valence-electron chi connectivity index (χ2n) is 5.90. The van der Waals surface area contributed by atoms with E-state index in [2.05, 4.69) is 0 Å². The van der Waals surface area contributed by atoms with Crippen LogP contribution in [-0.4, -0.2) is 25.8 Å². The number of aryl methyl sites for hydroxylation is 1. The van der Waals surface area contributed by atoms with Crippen molar-refractivity contribution in [3.8, 4) is 0 Å². The summed E-state index contributed by atoms with van der Waals surface area (Å²) in [7, 11) is -1.72. The summed E-state index contributed by atoms with van der Waals surface area (Å²) in [6.45, 7) is 1.84. The van der Waals surface area contributed by atoms with Crippen molar-refractivity contribution in [3.05, 3.63) is 29.3 Å². The van der Waals surface area contributed by atoms with Gasteiger partial charge in [-0.05, 0) is 37.0 Å². The van der Waals surface area contributed by atoms with Gasteiger partial charge >= 0.3 is 0 Å². The molecule has 0 bridgehead atoms. The van der Waals surface area contributed by atoms with Crippen molar-refractivity contribution in [3.63, 3.8) is 0 Å². The second kappa shape index (κ2) is 7.12. The van der Waals surface area contributed by atoms with Crippen LogP contribution in [0.1, 0.15) is 49.7 Å². The van der Waals surface area contributed by atoms with E-state index < -0.39 is 10.0 Å². The van der Waals surface area contributed by atoms with Crippen LogP contribution in [0.3, 0.4) is 0 Å². The SMILES string of the molecule is Cc1ccc(CCl)cc1S(=O)(=O)N(C)C1CCCCCC1. The molecule has 1 aliphatic rings. The van der Waals surface area contributed by atoms with Crippen LogP contribution in [0, 0.1) is 6.92 Å². The fourth-order valence-corrected chi connectivity index (χ4v) is 4.83. The molecule has 0 atom stereocenters. The van der Waals surface area contributed by atoms with E-state index in [4.69, 9.17) is 11.6 Å². The van der Waals surface area contributed by atoms with Crippen molar-refractivity contribution in [2.75, 3.05) is 7.05 Å². The summed E-state index contributed by atoms with van der Waals surface area (Å²) >= 11 is 5.84. The Morgan fingerprint density at radius 1 is 1.19 bits per heavy atom. The van der Waals surface area contributed by atoms with Crippen LogP contribution in [0.4, 0.5) is 0 Å². The Balaban J connectivity index is 2.31. The van der Waals surface area contributed by atoms with E-state index in [1.807, 2.05) is 19.1 Å². The molecule has 1 aromatic carbocycles. The van der Waals surface area contributed by atoms with Crippen LogP contribution < -0.4 is 0 Å². The molecule has 1 fully saturated rings. The fourth-order valence-electron chi connectivity index (χ4n) is 2.98. The normalized spacial score (nSPS) is 17.9. The fraction of sp³-hybridized carbons (Fsp3) is 0.625. The summed E-state index contributed by atoms with van der Waals surface area (Å²) in [6, 6.07) is 5.56. The molecule has 5 heteroatoms. The van der Waals surface area contributed by atoms with E-state index in [1.54, 1.807) is 17.4 Å². The lowest BCUT2D eigenvalue weighted by molar-refractivity contribution is 0.335. The molecule has 0 saturated heterocycles. The molecule has 0 N–H and O–H groups in total. The molecular weight excluding hydrogens is 306 g/mol. The summed E-state index contributed by atoms with van der Waals surface area (Å²) < 4.78 is 27.4. The first-order chi connectivity index (χ1) is 9.96. The number of alkyl halides is 1. The average molecular weight is 330 g/mol. The van der Waals surface area contributed by atoms with Crippen LogP contribution in [-0.2, 0) is 15.9 Å². The molecule has 2 rings (SSSR count). The molecule has 0 amide bonds. The molecule has 0 unspecified atom stereocenters. The smallest absolute Gasteiger partial charge is 0.207 e. The summed E-state index contributed by atoms with van der Waals surface area (Å²) in [5, 5.41) is 0. The zero-order chi connectivity index (χ0) is 15.5. The van der Waals surface area contributed by atoms with E-state index in [0.717, 1.165) is 36.8 Å². The number of nitrogens with zero attached hydrogens (tertiary/aromatic N) is 1. The van der Waals surface area contributed by atoms with Gasteiger partial charge in [0.05, 0.1) is 4.90 Å². The molecule has 21 heavy (non-hydrogen) atoms. The highest BCUT2D eigenvalue weighted by Crippen LogP contribution is 2.28. The van der Waals surface area contributed by atoms with Gasteiger partial charge in [-0.2, -0.15) is 4.31 Å². The summed E-state index contributed by atoms with van der Waals surface area (Å²) in [4.78, 5) is 0.396. The molecule has 0 spiro atoms. The summed E-state index contributed by atoms with van der Waals surface area (Å²) in [6.07, 6.45) is 6.58. The quantitative estimate of drug-likeness (QED) is 0.616. The highest BCUT2D eigenvalue weighted by atomic mass is 35.5. The molecule has 1 aliphatic carbocycles. The van der Waals surface area contributed by atoms with Crippen LogP contribution in [0.2, 0.25) is 0 Å². The third-order valence-corrected chi connectivity index (χ3v) is 6.76. The van der Waals surface area contributed by atoms with Gasteiger partial charge in [0, 0.05) is 19.0 Å². The highest BCUT2D eigenvalue weighted by Gasteiger charge is 2.29. The molecule has 0 aliphatic heterocycles. The number of halogens is 1. The Kier molecular flexibility index (Phi) is 5.69. The number of hydrogen-bond acceptors (Lipinski definition) is 2. The summed E-state index contributed by atoms with van der Waals surface area (Å²) in [5.74, 6) is 0.329. The van der Waals surface area contributed by atoms with Crippen molar-refractivity contribution in [2.45, 2.75) is 62.3 Å². The van der Waals surface area contributed by atoms with Gasteiger partial charge in [0.2, 0.25) is 10.0 Å².